The number of aromatic nitrogens is 6. The molecule has 1 unspecified atom stereocenters. The minimum atomic E-state index is -0.944. The molecule has 0 radical (unpaired) electrons. The second-order valence-corrected chi connectivity index (χ2v) is 10.9. The number of carboxylic acids is 1. The van der Waals surface area contributed by atoms with Gasteiger partial charge in [-0.3, -0.25) is 23.3 Å². The SMILES string of the molecule is CC#CCn1c(N2CCC[C@@H](N)C2)nc2c1c(=O)n(Cc1nc(C)c3ccccc3n1)c(=O)n2C.O=C1CCC(C(=O)O)N1. The summed E-state index contributed by atoms with van der Waals surface area (Å²) in [5.41, 5.74) is 7.54. The number of benzene rings is 1. The largest absolute Gasteiger partial charge is 0.480 e. The molecule has 2 fully saturated rings. The Morgan fingerprint density at radius 3 is 2.57 bits per heavy atom. The number of hydrogen-bond acceptors (Lipinski definition) is 9. The van der Waals surface area contributed by atoms with Gasteiger partial charge in [0, 0.05) is 43.7 Å². The summed E-state index contributed by atoms with van der Waals surface area (Å²) < 4.78 is 4.39. The van der Waals surface area contributed by atoms with E-state index in [-0.39, 0.29) is 25.0 Å². The summed E-state index contributed by atoms with van der Waals surface area (Å²) in [6.07, 6.45) is 2.65. The van der Waals surface area contributed by atoms with E-state index in [2.05, 4.69) is 32.0 Å². The molecule has 2 aliphatic heterocycles. The van der Waals surface area contributed by atoms with Crippen molar-refractivity contribution in [1.82, 2.24) is 34.0 Å². The van der Waals surface area contributed by atoms with Crippen molar-refractivity contribution in [3.63, 3.8) is 0 Å². The van der Waals surface area contributed by atoms with Gasteiger partial charge in [0.1, 0.15) is 11.9 Å². The summed E-state index contributed by atoms with van der Waals surface area (Å²) in [4.78, 5) is 63.5. The van der Waals surface area contributed by atoms with Gasteiger partial charge in [-0.25, -0.2) is 19.6 Å². The molecule has 1 aromatic carbocycles. The number of anilines is 1. The van der Waals surface area contributed by atoms with Gasteiger partial charge in [0.25, 0.3) is 5.56 Å². The average molecular weight is 602 g/mol. The first-order valence-corrected chi connectivity index (χ1v) is 14.4. The van der Waals surface area contributed by atoms with Gasteiger partial charge in [-0.2, -0.15) is 4.98 Å². The van der Waals surface area contributed by atoms with Gasteiger partial charge in [-0.1, -0.05) is 24.1 Å². The van der Waals surface area contributed by atoms with Crippen LogP contribution in [0.3, 0.4) is 0 Å². The molecule has 1 amide bonds. The number of carbonyl (C=O) groups excluding carboxylic acids is 1. The van der Waals surface area contributed by atoms with E-state index in [1.165, 1.54) is 9.13 Å². The summed E-state index contributed by atoms with van der Waals surface area (Å²) in [5.74, 6) is 5.85. The molecule has 0 bridgehead atoms. The zero-order valence-electron chi connectivity index (χ0n) is 24.9. The molecule has 14 heteroatoms. The molecular weight excluding hydrogens is 566 g/mol. The monoisotopic (exact) mass is 601 g/mol. The number of carboxylic acid groups (broad SMARTS) is 1. The molecule has 2 aliphatic rings. The molecule has 0 aliphatic carbocycles. The number of aryl methyl sites for hydroxylation is 2. The molecule has 5 heterocycles. The fraction of sp³-hybridized carbons (Fsp3) is 0.433. The summed E-state index contributed by atoms with van der Waals surface area (Å²) >= 11 is 0. The van der Waals surface area contributed by atoms with Crippen molar-refractivity contribution in [1.29, 1.82) is 0 Å². The van der Waals surface area contributed by atoms with Gasteiger partial charge in [0.2, 0.25) is 11.9 Å². The molecule has 0 saturated carbocycles. The second kappa shape index (κ2) is 12.7. The maximum absolute atomic E-state index is 13.7. The number of amides is 1. The Morgan fingerprint density at radius 1 is 1.14 bits per heavy atom. The average Bonchev–Trinajstić information content (AvgIpc) is 3.62. The maximum Gasteiger partial charge on any atom is 0.332 e. The van der Waals surface area contributed by atoms with Crippen molar-refractivity contribution in [2.24, 2.45) is 12.8 Å². The van der Waals surface area contributed by atoms with Crippen molar-refractivity contribution in [3.8, 4) is 11.8 Å². The van der Waals surface area contributed by atoms with E-state index >= 15 is 0 Å². The number of rotatable bonds is 5. The predicted octanol–water partition coefficient (Wildman–Crippen LogP) is 0.497. The van der Waals surface area contributed by atoms with Gasteiger partial charge >= 0.3 is 11.7 Å². The van der Waals surface area contributed by atoms with Crippen molar-refractivity contribution < 1.29 is 14.7 Å². The minimum absolute atomic E-state index is 0.0306. The molecule has 4 aromatic rings. The Labute approximate surface area is 252 Å². The predicted molar refractivity (Wildman–Crippen MR) is 164 cm³/mol. The molecule has 230 valence electrons. The quantitative estimate of drug-likeness (QED) is 0.272. The summed E-state index contributed by atoms with van der Waals surface area (Å²) in [6, 6.07) is 7.07. The number of nitrogens with zero attached hydrogens (tertiary/aromatic N) is 7. The van der Waals surface area contributed by atoms with Crippen molar-refractivity contribution in [2.45, 2.75) is 64.7 Å². The highest BCUT2D eigenvalue weighted by molar-refractivity contribution is 5.87. The lowest BCUT2D eigenvalue weighted by molar-refractivity contribution is -0.140. The third-order valence-corrected chi connectivity index (χ3v) is 7.80. The van der Waals surface area contributed by atoms with Crippen molar-refractivity contribution >= 4 is 39.9 Å². The molecule has 3 aromatic heterocycles. The van der Waals surface area contributed by atoms with Crippen LogP contribution in [0.25, 0.3) is 22.1 Å². The Hall–Kier alpha value is -5.03. The van der Waals surface area contributed by atoms with E-state index in [4.69, 9.17) is 15.8 Å². The first kappa shape index (κ1) is 30.4. The van der Waals surface area contributed by atoms with Gasteiger partial charge in [0.05, 0.1) is 18.6 Å². The van der Waals surface area contributed by atoms with E-state index < -0.39 is 23.3 Å². The summed E-state index contributed by atoms with van der Waals surface area (Å²) in [5, 5.41) is 11.6. The lowest BCUT2D eigenvalue weighted by atomic mass is 10.1. The molecule has 2 atom stereocenters. The van der Waals surface area contributed by atoms with Gasteiger partial charge in [-0.05, 0) is 39.2 Å². The molecule has 0 spiro atoms. The van der Waals surface area contributed by atoms with Crippen LogP contribution >= 0.6 is 0 Å². The molecule has 14 nitrogen and oxygen atoms in total. The number of hydrogen-bond donors (Lipinski definition) is 3. The highest BCUT2D eigenvalue weighted by Crippen LogP contribution is 2.23. The van der Waals surface area contributed by atoms with E-state index in [9.17, 15) is 19.2 Å². The zero-order valence-corrected chi connectivity index (χ0v) is 24.9. The minimum Gasteiger partial charge on any atom is -0.480 e. The number of piperidine rings is 1. The van der Waals surface area contributed by atoms with Crippen LogP contribution in [-0.2, 0) is 29.7 Å². The van der Waals surface area contributed by atoms with Crippen LogP contribution in [0.1, 0.15) is 44.1 Å². The number of fused-ring (bicyclic) bond motifs is 2. The van der Waals surface area contributed by atoms with E-state index in [1.807, 2.05) is 31.2 Å². The summed E-state index contributed by atoms with van der Waals surface area (Å²) in [6.45, 7) is 5.31. The Kier molecular flexibility index (Phi) is 8.77. The van der Waals surface area contributed by atoms with Crippen LogP contribution in [0, 0.1) is 18.8 Å². The van der Waals surface area contributed by atoms with Crippen LogP contribution in [0.2, 0.25) is 0 Å². The van der Waals surface area contributed by atoms with Gasteiger partial charge in [-0.15, -0.1) is 5.92 Å². The third kappa shape index (κ3) is 6.04. The Morgan fingerprint density at radius 2 is 1.91 bits per heavy atom. The smallest absolute Gasteiger partial charge is 0.332 e. The number of imidazole rings is 1. The lowest BCUT2D eigenvalue weighted by Crippen LogP contribution is -2.44. The highest BCUT2D eigenvalue weighted by atomic mass is 16.4. The molecule has 4 N–H and O–H groups in total. The lowest BCUT2D eigenvalue weighted by Gasteiger charge is -2.31. The van der Waals surface area contributed by atoms with Crippen LogP contribution in [-0.4, -0.2) is 70.8 Å². The van der Waals surface area contributed by atoms with Crippen LogP contribution < -0.4 is 27.2 Å². The second-order valence-electron chi connectivity index (χ2n) is 10.9. The van der Waals surface area contributed by atoms with Crippen molar-refractivity contribution in [3.05, 3.63) is 56.6 Å². The molecule has 2 saturated heterocycles. The third-order valence-electron chi connectivity index (χ3n) is 7.80. The normalized spacial score (nSPS) is 18.0. The molecule has 44 heavy (non-hydrogen) atoms. The van der Waals surface area contributed by atoms with Crippen LogP contribution in [0.15, 0.2) is 33.9 Å². The number of nitrogens with one attached hydrogen (secondary N) is 1. The standard InChI is InChI=1S/C25H28N8O2.C5H7NO3/c1-4-5-13-32-21-22(29-24(32)31-12-8-9-17(26)14-31)30(3)25(35)33(23(21)34)15-20-27-16(2)18-10-6-7-11-19(18)28-20;7-4-2-1-3(6-4)5(8)9/h6-7,10-11,17H,8-9,12-15,26H2,1-3H3;3H,1-2H2,(H,6,7)(H,8,9)/t17-;/m1./s1. The topological polar surface area (TPSA) is 183 Å². The zero-order chi connectivity index (χ0) is 31.5. The van der Waals surface area contributed by atoms with Crippen LogP contribution in [0.5, 0.6) is 0 Å². The number of nitrogens with two attached hydrogens (primary N) is 1. The Balaban J connectivity index is 0.000000367. The number of aliphatic carboxylic acids is 1. The van der Waals surface area contributed by atoms with Gasteiger partial charge in [0.15, 0.2) is 11.2 Å². The van der Waals surface area contributed by atoms with E-state index in [0.29, 0.717) is 42.3 Å². The fourth-order valence-electron chi connectivity index (χ4n) is 5.55. The molecular formula is C30H35N9O5. The van der Waals surface area contributed by atoms with Crippen molar-refractivity contribution in [2.75, 3.05) is 18.0 Å². The maximum atomic E-state index is 13.7. The highest BCUT2D eigenvalue weighted by Gasteiger charge is 2.27. The summed E-state index contributed by atoms with van der Waals surface area (Å²) in [7, 11) is 1.63. The number of carbonyl (C=O) groups is 2. The number of para-hydroxylation sites is 1. The van der Waals surface area contributed by atoms with E-state index in [1.54, 1.807) is 18.5 Å². The van der Waals surface area contributed by atoms with E-state index in [0.717, 1.165) is 36.0 Å². The first-order valence-electron chi connectivity index (χ1n) is 14.4. The van der Waals surface area contributed by atoms with Gasteiger partial charge < -0.3 is 21.1 Å². The fourth-order valence-corrected chi connectivity index (χ4v) is 5.55. The first-order chi connectivity index (χ1) is 21.1. The molecule has 6 rings (SSSR count). The Bertz CT molecular complexity index is 1930. The van der Waals surface area contributed by atoms with Crippen LogP contribution in [0.4, 0.5) is 5.95 Å².